The molecular formula is C30H35Cl3F3N3O4. The number of nitrogens with zero attached hydrogens (tertiary/aromatic N) is 3. The average molecular weight is 665 g/mol. The number of rotatable bonds is 8. The van der Waals surface area contributed by atoms with Gasteiger partial charge in [-0.3, -0.25) is 19.1 Å². The molecule has 4 rings (SSSR count). The van der Waals surface area contributed by atoms with Crippen molar-refractivity contribution in [2.45, 2.75) is 84.4 Å². The topological polar surface area (TPSA) is 92.5 Å². The number of carboxylic acid groups (broad SMARTS) is 1. The minimum atomic E-state index is -4.93. The molecule has 0 saturated heterocycles. The van der Waals surface area contributed by atoms with E-state index in [1.165, 1.54) is 12.1 Å². The fourth-order valence-electron chi connectivity index (χ4n) is 6.18. The maximum atomic E-state index is 14.6. The van der Waals surface area contributed by atoms with Crippen LogP contribution in [-0.4, -0.2) is 50.5 Å². The molecule has 1 amide bonds. The van der Waals surface area contributed by atoms with Crippen LogP contribution < -0.4 is 0 Å². The summed E-state index contributed by atoms with van der Waals surface area (Å²) in [7, 11) is 0. The van der Waals surface area contributed by atoms with Crippen LogP contribution in [0, 0.1) is 16.7 Å². The molecule has 1 aromatic heterocycles. The molecule has 0 bridgehead atoms. The summed E-state index contributed by atoms with van der Waals surface area (Å²) in [5, 5.41) is 13.7. The zero-order valence-electron chi connectivity index (χ0n) is 24.2. The minimum absolute atomic E-state index is 0.0163. The Bertz CT molecular complexity index is 1370. The van der Waals surface area contributed by atoms with Gasteiger partial charge in [0.25, 0.3) is 5.91 Å². The number of carboxylic acids is 1. The number of carbonyl (C=O) groups excluding carboxylic acids is 2. The molecule has 2 saturated carbocycles. The van der Waals surface area contributed by atoms with Gasteiger partial charge in [0, 0.05) is 11.6 Å². The summed E-state index contributed by atoms with van der Waals surface area (Å²) in [6.07, 6.45) is -0.0852. The molecule has 2 aromatic rings. The fraction of sp³-hybridized carbons (Fsp3) is 0.600. The summed E-state index contributed by atoms with van der Waals surface area (Å²) in [6, 6.07) is 1.94. The second-order valence-corrected chi connectivity index (χ2v) is 14.2. The zero-order valence-corrected chi connectivity index (χ0v) is 26.5. The number of alkyl halides is 3. The standard InChI is InChI=1S/C30H35Cl3F3N3O4/c1-28(2)8-4-17(5-9-28)15-38(16-23(40)24-21(32)12-18(31)13-22(24)33)26(41)20-14-37-39(25(20)30(34,35)36)19-6-10-29(3,11-7-19)27(42)43/h12-14,17,19H,4-11,15-16H2,1-3H3,(H,42,43)/t19-,29-. The van der Waals surface area contributed by atoms with Gasteiger partial charge in [-0.05, 0) is 81.8 Å². The Labute approximate surface area is 263 Å². The Balaban J connectivity index is 1.67. The van der Waals surface area contributed by atoms with E-state index in [1.807, 2.05) is 0 Å². The van der Waals surface area contributed by atoms with E-state index in [4.69, 9.17) is 34.8 Å². The summed E-state index contributed by atoms with van der Waals surface area (Å²) in [4.78, 5) is 40.2. The monoisotopic (exact) mass is 663 g/mol. The van der Waals surface area contributed by atoms with Crippen LogP contribution in [0.25, 0.3) is 0 Å². The highest BCUT2D eigenvalue weighted by Crippen LogP contribution is 2.44. The van der Waals surface area contributed by atoms with Gasteiger partial charge in [-0.15, -0.1) is 0 Å². The smallest absolute Gasteiger partial charge is 0.433 e. The summed E-state index contributed by atoms with van der Waals surface area (Å²) in [6.45, 7) is 5.41. The number of hydrogen-bond donors (Lipinski definition) is 1. The second-order valence-electron chi connectivity index (χ2n) is 12.9. The Morgan fingerprint density at radius 3 is 2.07 bits per heavy atom. The highest BCUT2D eigenvalue weighted by molar-refractivity contribution is 6.42. The van der Waals surface area contributed by atoms with Gasteiger partial charge in [0.05, 0.1) is 45.4 Å². The molecule has 13 heteroatoms. The van der Waals surface area contributed by atoms with Crippen molar-refractivity contribution in [3.63, 3.8) is 0 Å². The lowest BCUT2D eigenvalue weighted by molar-refractivity contribution is -0.152. The molecule has 7 nitrogen and oxygen atoms in total. The molecule has 0 radical (unpaired) electrons. The van der Waals surface area contributed by atoms with Gasteiger partial charge in [-0.1, -0.05) is 48.7 Å². The molecule has 0 spiro atoms. The largest absolute Gasteiger partial charge is 0.481 e. The number of halogens is 6. The molecule has 1 heterocycles. The molecule has 236 valence electrons. The molecule has 2 aliphatic rings. The van der Waals surface area contributed by atoms with E-state index >= 15 is 0 Å². The normalized spacial score (nSPS) is 22.8. The summed E-state index contributed by atoms with van der Waals surface area (Å²) >= 11 is 18.5. The number of benzene rings is 1. The van der Waals surface area contributed by atoms with Crippen molar-refractivity contribution in [2.24, 2.45) is 16.7 Å². The lowest BCUT2D eigenvalue weighted by Gasteiger charge is -2.36. The van der Waals surface area contributed by atoms with Crippen molar-refractivity contribution in [1.82, 2.24) is 14.7 Å². The number of Topliss-reactive ketones (excluding diaryl/α,β-unsaturated/α-hetero) is 1. The predicted molar refractivity (Wildman–Crippen MR) is 158 cm³/mol. The Morgan fingerprint density at radius 2 is 1.56 bits per heavy atom. The van der Waals surface area contributed by atoms with Crippen molar-refractivity contribution in [3.05, 3.63) is 50.2 Å². The summed E-state index contributed by atoms with van der Waals surface area (Å²) in [5.41, 5.74) is -2.84. The third-order valence-corrected chi connectivity index (χ3v) is 9.87. The van der Waals surface area contributed by atoms with Crippen LogP contribution in [0.3, 0.4) is 0 Å². The van der Waals surface area contributed by atoms with Gasteiger partial charge >= 0.3 is 12.1 Å². The maximum absolute atomic E-state index is 14.6. The SMILES string of the molecule is CC1(C)CCC(CN(CC(=O)c2c(Cl)cc(Cl)cc2Cl)C(=O)c2cnn([C@H]3CC[C@](C)(C(=O)O)CC3)c2C(F)(F)F)CC1. The second kappa shape index (κ2) is 12.6. The summed E-state index contributed by atoms with van der Waals surface area (Å²) < 4.78 is 44.5. The van der Waals surface area contributed by atoms with E-state index in [0.29, 0.717) is 0 Å². The number of hydrogen-bond acceptors (Lipinski definition) is 4. The van der Waals surface area contributed by atoms with E-state index < -0.39 is 53.1 Å². The number of carbonyl (C=O) groups is 3. The molecule has 43 heavy (non-hydrogen) atoms. The highest BCUT2D eigenvalue weighted by atomic mass is 35.5. The van der Waals surface area contributed by atoms with Crippen LogP contribution in [0.2, 0.25) is 15.1 Å². The predicted octanol–water partition coefficient (Wildman–Crippen LogP) is 8.61. The Morgan fingerprint density at radius 1 is 1.00 bits per heavy atom. The Kier molecular flexibility index (Phi) is 9.84. The van der Waals surface area contributed by atoms with Crippen molar-refractivity contribution < 1.29 is 32.7 Å². The highest BCUT2D eigenvalue weighted by Gasteiger charge is 2.45. The third-order valence-electron chi connectivity index (χ3n) is 9.06. The van der Waals surface area contributed by atoms with Crippen molar-refractivity contribution >= 4 is 52.5 Å². The first-order valence-electron chi connectivity index (χ1n) is 14.3. The molecule has 0 unspecified atom stereocenters. The minimum Gasteiger partial charge on any atom is -0.481 e. The van der Waals surface area contributed by atoms with Crippen molar-refractivity contribution in [1.29, 1.82) is 0 Å². The van der Waals surface area contributed by atoms with Crippen LogP contribution >= 0.6 is 34.8 Å². The average Bonchev–Trinajstić information content (AvgIpc) is 3.35. The van der Waals surface area contributed by atoms with Crippen LogP contribution in [0.5, 0.6) is 0 Å². The molecule has 1 N–H and O–H groups in total. The van der Waals surface area contributed by atoms with E-state index in [-0.39, 0.29) is 64.2 Å². The fourth-order valence-corrected chi connectivity index (χ4v) is 7.21. The number of aliphatic carboxylic acids is 1. The zero-order chi connectivity index (χ0) is 31.9. The molecule has 1 aromatic carbocycles. The van der Waals surface area contributed by atoms with Crippen molar-refractivity contribution in [3.8, 4) is 0 Å². The summed E-state index contributed by atoms with van der Waals surface area (Å²) in [5.74, 6) is -2.61. The number of aromatic nitrogens is 2. The molecule has 0 atom stereocenters. The third kappa shape index (κ3) is 7.51. The van der Waals surface area contributed by atoms with Crippen LogP contribution in [-0.2, 0) is 11.0 Å². The Hall–Kier alpha value is -2.30. The van der Waals surface area contributed by atoms with Gasteiger partial charge in [-0.2, -0.15) is 18.3 Å². The molecule has 2 aliphatic carbocycles. The van der Waals surface area contributed by atoms with E-state index in [1.54, 1.807) is 6.92 Å². The van der Waals surface area contributed by atoms with E-state index in [2.05, 4.69) is 18.9 Å². The maximum Gasteiger partial charge on any atom is 0.433 e. The lowest BCUT2D eigenvalue weighted by Crippen LogP contribution is -2.41. The lowest BCUT2D eigenvalue weighted by atomic mass is 9.73. The van der Waals surface area contributed by atoms with Crippen LogP contribution in [0.4, 0.5) is 13.2 Å². The van der Waals surface area contributed by atoms with Crippen molar-refractivity contribution in [2.75, 3.05) is 13.1 Å². The van der Waals surface area contributed by atoms with Gasteiger partial charge in [-0.25, -0.2) is 0 Å². The molecular weight excluding hydrogens is 630 g/mol. The van der Waals surface area contributed by atoms with Gasteiger partial charge in [0.1, 0.15) is 0 Å². The first kappa shape index (κ1) is 33.6. The molecule has 0 aliphatic heterocycles. The first-order chi connectivity index (χ1) is 19.9. The van der Waals surface area contributed by atoms with Crippen LogP contribution in [0.15, 0.2) is 18.3 Å². The van der Waals surface area contributed by atoms with Gasteiger partial charge in [0.2, 0.25) is 0 Å². The van der Waals surface area contributed by atoms with E-state index in [9.17, 15) is 32.7 Å². The quantitative estimate of drug-likeness (QED) is 0.285. The van der Waals surface area contributed by atoms with Crippen LogP contribution in [0.1, 0.15) is 105 Å². The van der Waals surface area contributed by atoms with Gasteiger partial charge < -0.3 is 10.0 Å². The number of ketones is 1. The molecule has 2 fully saturated rings. The number of amides is 1. The first-order valence-corrected chi connectivity index (χ1v) is 15.4. The van der Waals surface area contributed by atoms with E-state index in [0.717, 1.165) is 41.5 Å². The van der Waals surface area contributed by atoms with Gasteiger partial charge in [0.15, 0.2) is 11.5 Å².